The van der Waals surface area contributed by atoms with Crippen molar-refractivity contribution in [2.75, 3.05) is 12.0 Å². The third kappa shape index (κ3) is 3.56. The molecule has 0 spiro atoms. The molecule has 1 aromatic heterocycles. The maximum absolute atomic E-state index is 13.0. The van der Waals surface area contributed by atoms with Crippen molar-refractivity contribution in [3.8, 4) is 23.1 Å². The SMILES string of the molecule is COc1ccccc1N1C(=O)/C(=C\c2ccc(-c3ccccc3C#N)o2)SC1=S. The van der Waals surface area contributed by atoms with Crippen LogP contribution in [0.4, 0.5) is 5.69 Å². The predicted molar refractivity (Wildman–Crippen MR) is 118 cm³/mol. The third-order valence-electron chi connectivity index (χ3n) is 4.33. The Morgan fingerprint density at radius 2 is 1.90 bits per heavy atom. The molecule has 1 fully saturated rings. The highest BCUT2D eigenvalue weighted by Crippen LogP contribution is 2.40. The van der Waals surface area contributed by atoms with Crippen molar-refractivity contribution >= 4 is 46.0 Å². The summed E-state index contributed by atoms with van der Waals surface area (Å²) in [6.07, 6.45) is 1.66. The number of anilines is 1. The lowest BCUT2D eigenvalue weighted by molar-refractivity contribution is -0.113. The molecule has 7 heteroatoms. The van der Waals surface area contributed by atoms with Crippen LogP contribution in [0.1, 0.15) is 11.3 Å². The van der Waals surface area contributed by atoms with Gasteiger partial charge in [-0.2, -0.15) is 5.26 Å². The first-order valence-electron chi connectivity index (χ1n) is 8.62. The second-order valence-corrected chi connectivity index (χ2v) is 7.72. The first kappa shape index (κ1) is 19.0. The number of methoxy groups -OCH3 is 1. The Morgan fingerprint density at radius 3 is 2.69 bits per heavy atom. The number of nitriles is 1. The normalized spacial score (nSPS) is 15.0. The maximum Gasteiger partial charge on any atom is 0.271 e. The van der Waals surface area contributed by atoms with Gasteiger partial charge in [0.1, 0.15) is 17.3 Å². The molecule has 0 saturated carbocycles. The van der Waals surface area contributed by atoms with Gasteiger partial charge in [-0.15, -0.1) is 0 Å². The molecule has 29 heavy (non-hydrogen) atoms. The Balaban J connectivity index is 1.65. The molecule has 0 N–H and O–H groups in total. The number of benzene rings is 2. The van der Waals surface area contributed by atoms with Crippen molar-refractivity contribution in [3.63, 3.8) is 0 Å². The molecule has 0 unspecified atom stereocenters. The number of carbonyl (C=O) groups excluding carboxylic acids is 1. The van der Waals surface area contributed by atoms with Crippen molar-refractivity contribution in [1.29, 1.82) is 5.26 Å². The highest BCUT2D eigenvalue weighted by atomic mass is 32.2. The number of nitrogens with zero attached hydrogens (tertiary/aromatic N) is 2. The predicted octanol–water partition coefficient (Wildman–Crippen LogP) is 5.23. The molecule has 142 valence electrons. The largest absolute Gasteiger partial charge is 0.495 e. The molecule has 1 aliphatic heterocycles. The van der Waals surface area contributed by atoms with Gasteiger partial charge in [0, 0.05) is 11.6 Å². The van der Waals surface area contributed by atoms with Crippen molar-refractivity contribution in [2.24, 2.45) is 0 Å². The van der Waals surface area contributed by atoms with Gasteiger partial charge in [-0.25, -0.2) is 0 Å². The van der Waals surface area contributed by atoms with Gasteiger partial charge < -0.3 is 9.15 Å². The molecule has 1 saturated heterocycles. The number of furan rings is 1. The Hall–Kier alpha value is -3.34. The zero-order valence-corrected chi connectivity index (χ0v) is 16.9. The van der Waals surface area contributed by atoms with Crippen molar-refractivity contribution in [3.05, 3.63) is 76.9 Å². The minimum absolute atomic E-state index is 0.236. The van der Waals surface area contributed by atoms with Crippen LogP contribution >= 0.6 is 24.0 Å². The minimum Gasteiger partial charge on any atom is -0.495 e. The number of rotatable bonds is 4. The van der Waals surface area contributed by atoms with E-state index in [2.05, 4.69) is 6.07 Å². The number of amides is 1. The summed E-state index contributed by atoms with van der Waals surface area (Å²) in [4.78, 5) is 14.9. The number of thioether (sulfide) groups is 1. The molecule has 0 aliphatic carbocycles. The molecule has 5 nitrogen and oxygen atoms in total. The van der Waals surface area contributed by atoms with Crippen LogP contribution in [0.5, 0.6) is 5.75 Å². The van der Waals surface area contributed by atoms with Crippen LogP contribution in [-0.2, 0) is 4.79 Å². The first-order valence-corrected chi connectivity index (χ1v) is 9.85. The molecule has 0 bridgehead atoms. The third-order valence-corrected chi connectivity index (χ3v) is 5.64. The standard InChI is InChI=1S/C22H14N2O3S2/c1-26-19-9-5-4-8-17(19)24-21(25)20(29-22(24)28)12-15-10-11-18(27-15)16-7-3-2-6-14(16)13-23/h2-12H,1H3/b20-12+. The molecule has 1 amide bonds. The lowest BCUT2D eigenvalue weighted by Gasteiger charge is -2.17. The fourth-order valence-electron chi connectivity index (χ4n) is 2.99. The zero-order valence-electron chi connectivity index (χ0n) is 15.3. The van der Waals surface area contributed by atoms with Crippen LogP contribution in [0.3, 0.4) is 0 Å². The van der Waals surface area contributed by atoms with E-state index in [9.17, 15) is 10.1 Å². The highest BCUT2D eigenvalue weighted by Gasteiger charge is 2.35. The van der Waals surface area contributed by atoms with E-state index in [0.717, 1.165) is 0 Å². The lowest BCUT2D eigenvalue weighted by Crippen LogP contribution is -2.27. The summed E-state index contributed by atoms with van der Waals surface area (Å²) >= 11 is 6.62. The van der Waals surface area contributed by atoms with E-state index >= 15 is 0 Å². The summed E-state index contributed by atoms with van der Waals surface area (Å²) in [6, 6.07) is 20.1. The quantitative estimate of drug-likeness (QED) is 0.427. The number of thiocarbonyl (C=S) groups is 1. The van der Waals surface area contributed by atoms with Gasteiger partial charge in [0.05, 0.1) is 29.3 Å². The Morgan fingerprint density at radius 1 is 1.14 bits per heavy atom. The number of carbonyl (C=O) groups is 1. The van der Waals surface area contributed by atoms with E-state index in [-0.39, 0.29) is 5.91 Å². The number of hydrogen-bond acceptors (Lipinski definition) is 6. The van der Waals surface area contributed by atoms with Crippen molar-refractivity contribution in [1.82, 2.24) is 0 Å². The molecular weight excluding hydrogens is 404 g/mol. The molecular formula is C22H14N2O3S2. The van der Waals surface area contributed by atoms with E-state index in [4.69, 9.17) is 21.4 Å². The van der Waals surface area contributed by atoms with Gasteiger partial charge in [-0.1, -0.05) is 48.2 Å². The van der Waals surface area contributed by atoms with Gasteiger partial charge >= 0.3 is 0 Å². The van der Waals surface area contributed by atoms with Crippen molar-refractivity contribution in [2.45, 2.75) is 0 Å². The van der Waals surface area contributed by atoms with Gasteiger partial charge in [0.15, 0.2) is 4.32 Å². The van der Waals surface area contributed by atoms with Gasteiger partial charge in [-0.05, 0) is 36.4 Å². The Bertz CT molecular complexity index is 1190. The molecule has 3 aromatic rings. The Kier molecular flexibility index (Phi) is 5.21. The summed E-state index contributed by atoms with van der Waals surface area (Å²) in [5.41, 5.74) is 1.83. The van der Waals surface area contributed by atoms with E-state index < -0.39 is 0 Å². The summed E-state index contributed by atoms with van der Waals surface area (Å²) in [5, 5.41) is 9.28. The number of ether oxygens (including phenoxy) is 1. The van der Waals surface area contributed by atoms with Gasteiger partial charge in [-0.3, -0.25) is 9.69 Å². The fraction of sp³-hybridized carbons (Fsp3) is 0.0455. The summed E-state index contributed by atoms with van der Waals surface area (Å²) in [6.45, 7) is 0. The van der Waals surface area contributed by atoms with Crippen LogP contribution in [0.2, 0.25) is 0 Å². The smallest absolute Gasteiger partial charge is 0.271 e. The van der Waals surface area contributed by atoms with Gasteiger partial charge in [0.25, 0.3) is 5.91 Å². The van der Waals surface area contributed by atoms with Crippen LogP contribution in [0.15, 0.2) is 70.0 Å². The summed E-state index contributed by atoms with van der Waals surface area (Å²) in [7, 11) is 1.55. The highest BCUT2D eigenvalue weighted by molar-refractivity contribution is 8.27. The average molecular weight is 418 g/mol. The molecule has 1 aliphatic rings. The zero-order chi connectivity index (χ0) is 20.4. The number of para-hydroxylation sites is 2. The molecule has 0 atom stereocenters. The second-order valence-electron chi connectivity index (χ2n) is 6.05. The maximum atomic E-state index is 13.0. The monoisotopic (exact) mass is 418 g/mol. The van der Waals surface area contributed by atoms with E-state index in [0.29, 0.717) is 43.3 Å². The van der Waals surface area contributed by atoms with E-state index in [1.54, 1.807) is 49.6 Å². The van der Waals surface area contributed by atoms with Crippen LogP contribution in [0, 0.1) is 11.3 Å². The topological polar surface area (TPSA) is 66.5 Å². The summed E-state index contributed by atoms with van der Waals surface area (Å²) < 4.78 is 11.6. The first-order chi connectivity index (χ1) is 14.1. The molecule has 4 rings (SSSR count). The molecule has 2 heterocycles. The van der Waals surface area contributed by atoms with E-state index in [1.807, 2.05) is 24.3 Å². The Labute approximate surface area is 177 Å². The van der Waals surface area contributed by atoms with Gasteiger partial charge in [0.2, 0.25) is 0 Å². The van der Waals surface area contributed by atoms with Crippen LogP contribution in [-0.4, -0.2) is 17.3 Å². The molecule has 2 aromatic carbocycles. The summed E-state index contributed by atoms with van der Waals surface area (Å²) in [5.74, 6) is 1.40. The van der Waals surface area contributed by atoms with E-state index in [1.165, 1.54) is 16.7 Å². The second kappa shape index (κ2) is 7.95. The number of hydrogen-bond donors (Lipinski definition) is 0. The average Bonchev–Trinajstić information content (AvgIpc) is 3.32. The molecule has 0 radical (unpaired) electrons. The van der Waals surface area contributed by atoms with Crippen LogP contribution in [0.25, 0.3) is 17.4 Å². The fourth-order valence-corrected chi connectivity index (χ4v) is 4.25. The van der Waals surface area contributed by atoms with Crippen molar-refractivity contribution < 1.29 is 13.9 Å². The van der Waals surface area contributed by atoms with Crippen LogP contribution < -0.4 is 9.64 Å². The lowest BCUT2D eigenvalue weighted by atomic mass is 10.1. The minimum atomic E-state index is -0.236.